The van der Waals surface area contributed by atoms with E-state index < -0.39 is 40.2 Å². The second kappa shape index (κ2) is 12.1. The monoisotopic (exact) mass is 576 g/mol. The second-order valence-corrected chi connectivity index (χ2v) is 9.83. The van der Waals surface area contributed by atoms with Gasteiger partial charge in [0.25, 0.3) is 0 Å². The molecule has 4 rings (SSSR count). The molecular weight excluding hydrogens is 556 g/mol. The number of benzene rings is 4. The first-order valence-electron chi connectivity index (χ1n) is 11.9. The molecule has 0 aromatic heterocycles. The van der Waals surface area contributed by atoms with Gasteiger partial charge in [0.1, 0.15) is 23.0 Å². The van der Waals surface area contributed by atoms with E-state index in [1.54, 1.807) is 55.5 Å². The first kappa shape index (κ1) is 29.1. The Hall–Kier alpha value is -3.85. The molecule has 0 saturated heterocycles. The van der Waals surface area contributed by atoms with E-state index in [4.69, 9.17) is 0 Å². The number of hydrogen-bond donors (Lipinski definition) is 0. The van der Waals surface area contributed by atoms with Crippen LogP contribution in [0.15, 0.2) is 84.0 Å². The van der Waals surface area contributed by atoms with Crippen LogP contribution in [0.1, 0.15) is 29.2 Å². The number of thioether (sulfide) groups is 1. The van der Waals surface area contributed by atoms with Gasteiger partial charge in [0.2, 0.25) is 0 Å². The first-order valence-corrected chi connectivity index (χ1v) is 12.9. The van der Waals surface area contributed by atoms with E-state index in [0.29, 0.717) is 29.0 Å². The normalized spacial score (nSPS) is 12.6. The van der Waals surface area contributed by atoms with Crippen molar-refractivity contribution < 1.29 is 35.1 Å². The summed E-state index contributed by atoms with van der Waals surface area (Å²) < 4.78 is 109. The quantitative estimate of drug-likeness (QED) is 0.156. The molecule has 4 aromatic rings. The molecule has 0 aliphatic rings. The molecule has 0 aliphatic heterocycles. The van der Waals surface area contributed by atoms with Crippen LogP contribution in [0.2, 0.25) is 0 Å². The zero-order valence-electron chi connectivity index (χ0n) is 20.8. The third-order valence-corrected chi connectivity index (χ3v) is 6.65. The molecule has 4 aromatic carbocycles. The molecule has 0 saturated carbocycles. The minimum atomic E-state index is -5.22. The average molecular weight is 577 g/mol. The van der Waals surface area contributed by atoms with Crippen LogP contribution in [0.5, 0.6) is 0 Å². The van der Waals surface area contributed by atoms with Gasteiger partial charge in [-0.2, -0.15) is 17.6 Å². The number of hydrogen-bond acceptors (Lipinski definition) is 1. The highest BCUT2D eigenvalue weighted by Crippen LogP contribution is 2.37. The summed E-state index contributed by atoms with van der Waals surface area (Å²) in [6.45, 7) is 1.73. The van der Waals surface area contributed by atoms with Gasteiger partial charge in [0, 0.05) is 11.1 Å². The highest BCUT2D eigenvalue weighted by atomic mass is 32.2. The van der Waals surface area contributed by atoms with Gasteiger partial charge < -0.3 is 0 Å². The van der Waals surface area contributed by atoms with E-state index in [1.807, 2.05) is 0 Å². The predicted molar refractivity (Wildman–Crippen MR) is 145 cm³/mol. The number of alkyl halides is 3. The van der Waals surface area contributed by atoms with Gasteiger partial charge in [-0.3, -0.25) is 0 Å². The van der Waals surface area contributed by atoms with Gasteiger partial charge >= 0.3 is 6.18 Å². The Kier molecular flexibility index (Phi) is 8.83. The summed E-state index contributed by atoms with van der Waals surface area (Å²) in [5.74, 6) is -4.99. The Morgan fingerprint density at radius 3 is 1.68 bits per heavy atom. The fraction of sp³-hybridized carbons (Fsp3) is 0.0968. The first-order chi connectivity index (χ1) is 19.0. The molecule has 0 nitrogen and oxygen atoms in total. The maximum absolute atomic E-state index is 14.8. The molecule has 0 spiro atoms. The van der Waals surface area contributed by atoms with Crippen LogP contribution in [-0.4, -0.2) is 5.75 Å². The lowest BCUT2D eigenvalue weighted by Crippen LogP contribution is -2.11. The summed E-state index contributed by atoms with van der Waals surface area (Å²) in [4.78, 5) is 0. The lowest BCUT2D eigenvalue weighted by molar-refractivity contribution is -0.142. The Morgan fingerprint density at radius 1 is 0.675 bits per heavy atom. The van der Waals surface area contributed by atoms with Crippen molar-refractivity contribution in [2.45, 2.75) is 13.1 Å². The van der Waals surface area contributed by atoms with Crippen molar-refractivity contribution in [2.24, 2.45) is 0 Å². The maximum atomic E-state index is 14.8. The third kappa shape index (κ3) is 6.65. The molecular formula is C31H20F8S. The van der Waals surface area contributed by atoms with E-state index in [-0.39, 0.29) is 16.7 Å². The van der Waals surface area contributed by atoms with Crippen molar-refractivity contribution >= 4 is 29.7 Å². The van der Waals surface area contributed by atoms with E-state index in [9.17, 15) is 35.1 Å². The SMILES string of the molecule is CCS/C(F)=C(\F)c1ccc(/C=C/c2ccc(-c3ccc(-c4cc(F)c(C(F)(F)F)c(F)c4)c(F)c3)cc2)cc1. The fourth-order valence-corrected chi connectivity index (χ4v) is 4.45. The Morgan fingerprint density at radius 2 is 1.18 bits per heavy atom. The van der Waals surface area contributed by atoms with Crippen LogP contribution >= 0.6 is 11.8 Å². The van der Waals surface area contributed by atoms with Gasteiger partial charge in [-0.25, -0.2) is 17.6 Å². The zero-order valence-corrected chi connectivity index (χ0v) is 21.6. The Bertz CT molecular complexity index is 1540. The average Bonchev–Trinajstić information content (AvgIpc) is 2.91. The molecule has 40 heavy (non-hydrogen) atoms. The van der Waals surface area contributed by atoms with E-state index >= 15 is 0 Å². The van der Waals surface area contributed by atoms with E-state index in [2.05, 4.69) is 0 Å². The lowest BCUT2D eigenvalue weighted by atomic mass is 9.97. The molecule has 0 bridgehead atoms. The van der Waals surface area contributed by atoms with Crippen LogP contribution in [0, 0.1) is 17.5 Å². The van der Waals surface area contributed by atoms with Crippen molar-refractivity contribution in [3.05, 3.63) is 124 Å². The van der Waals surface area contributed by atoms with Gasteiger partial charge in [-0.1, -0.05) is 91.5 Å². The Labute approximate surface area is 229 Å². The molecule has 0 N–H and O–H groups in total. The summed E-state index contributed by atoms with van der Waals surface area (Å²) >= 11 is 0.790. The van der Waals surface area contributed by atoms with Crippen LogP contribution in [-0.2, 0) is 6.18 Å². The van der Waals surface area contributed by atoms with Crippen molar-refractivity contribution in [1.82, 2.24) is 0 Å². The molecule has 0 radical (unpaired) electrons. The molecule has 0 unspecified atom stereocenters. The van der Waals surface area contributed by atoms with E-state index in [1.165, 1.54) is 24.3 Å². The standard InChI is InChI=1S/C31H20F8S/c1-2-40-30(36)29(35)21-11-7-19(8-12-21)4-3-18-5-9-20(10-6-18)22-13-14-24(25(32)15-22)23-16-26(33)28(27(34)17-23)31(37,38)39/h3-17H,2H2,1H3/b4-3+,30-29-. The van der Waals surface area contributed by atoms with Crippen LogP contribution in [0.3, 0.4) is 0 Å². The fourth-order valence-electron chi connectivity index (χ4n) is 3.95. The third-order valence-electron chi connectivity index (χ3n) is 5.93. The van der Waals surface area contributed by atoms with Crippen molar-refractivity contribution in [2.75, 3.05) is 5.75 Å². The van der Waals surface area contributed by atoms with Gasteiger partial charge in [-0.15, -0.1) is 0 Å². The molecule has 0 heterocycles. The summed E-state index contributed by atoms with van der Waals surface area (Å²) in [5.41, 5.74) is 0.159. The number of rotatable bonds is 7. The molecule has 0 aliphatic carbocycles. The highest BCUT2D eigenvalue weighted by molar-refractivity contribution is 8.03. The van der Waals surface area contributed by atoms with Crippen LogP contribution in [0.4, 0.5) is 35.1 Å². The lowest BCUT2D eigenvalue weighted by Gasteiger charge is -2.12. The van der Waals surface area contributed by atoms with Gasteiger partial charge in [-0.05, 0) is 51.8 Å². The van der Waals surface area contributed by atoms with Gasteiger partial charge in [0.05, 0.1) is 0 Å². The molecule has 0 amide bonds. The smallest absolute Gasteiger partial charge is 0.206 e. The second-order valence-electron chi connectivity index (χ2n) is 8.61. The summed E-state index contributed by atoms with van der Waals surface area (Å²) in [7, 11) is 0. The molecule has 206 valence electrons. The predicted octanol–water partition coefficient (Wildman–Crippen LogP) is 10.9. The molecule has 0 fully saturated rings. The number of halogens is 8. The Balaban J connectivity index is 1.49. The topological polar surface area (TPSA) is 0 Å². The minimum absolute atomic E-state index is 0.145. The molecule has 9 heteroatoms. The van der Waals surface area contributed by atoms with Crippen LogP contribution in [0.25, 0.3) is 40.2 Å². The highest BCUT2D eigenvalue weighted by Gasteiger charge is 2.38. The summed E-state index contributed by atoms with van der Waals surface area (Å²) in [6.07, 6.45) is -1.63. The van der Waals surface area contributed by atoms with Crippen molar-refractivity contribution in [3.8, 4) is 22.3 Å². The van der Waals surface area contributed by atoms with Crippen molar-refractivity contribution in [3.63, 3.8) is 0 Å². The van der Waals surface area contributed by atoms with E-state index in [0.717, 1.165) is 29.0 Å². The molecule has 0 atom stereocenters. The van der Waals surface area contributed by atoms with Gasteiger partial charge in [0.15, 0.2) is 11.0 Å². The zero-order chi connectivity index (χ0) is 29.0. The summed E-state index contributed by atoms with van der Waals surface area (Å²) in [5, 5.41) is -0.859. The van der Waals surface area contributed by atoms with Crippen LogP contribution < -0.4 is 0 Å². The largest absolute Gasteiger partial charge is 0.422 e. The van der Waals surface area contributed by atoms with Crippen molar-refractivity contribution in [1.29, 1.82) is 0 Å². The maximum Gasteiger partial charge on any atom is 0.422 e. The summed E-state index contributed by atoms with van der Waals surface area (Å²) in [6, 6.07) is 18.0. The minimum Gasteiger partial charge on any atom is -0.206 e.